The summed E-state index contributed by atoms with van der Waals surface area (Å²) in [4.78, 5) is 64.0. The SMILES string of the molecule is COc1ccc2c(c1)C(=O)N(CC1(C#Cc3ccc(C4(CNS(C)(=O)=O)NC(=O)NC4=O)cc3)NC(=O)NC1=O)C2. The highest BCUT2D eigenvalue weighted by Gasteiger charge is 2.49. The van der Waals surface area contributed by atoms with Gasteiger partial charge in [0.2, 0.25) is 15.6 Å². The van der Waals surface area contributed by atoms with Gasteiger partial charge in [0.25, 0.3) is 17.7 Å². The Morgan fingerprint density at radius 3 is 2.24 bits per heavy atom. The Kier molecular flexibility index (Phi) is 6.68. The van der Waals surface area contributed by atoms with Crippen molar-refractivity contribution >= 4 is 39.8 Å². The number of carbonyl (C=O) groups excluding carboxylic acids is 5. The molecule has 2 unspecified atom stereocenters. The van der Waals surface area contributed by atoms with Crippen LogP contribution in [-0.4, -0.2) is 75.1 Å². The lowest BCUT2D eigenvalue weighted by Crippen LogP contribution is -2.54. The molecule has 0 radical (unpaired) electrons. The second-order valence-electron chi connectivity index (χ2n) is 9.73. The van der Waals surface area contributed by atoms with Crippen LogP contribution >= 0.6 is 0 Å². The summed E-state index contributed by atoms with van der Waals surface area (Å²) in [6, 6.07) is 9.52. The average Bonchev–Trinajstić information content (AvgIpc) is 3.50. The quantitative estimate of drug-likeness (QED) is 0.201. The van der Waals surface area contributed by atoms with Gasteiger partial charge in [-0.1, -0.05) is 30.0 Å². The minimum Gasteiger partial charge on any atom is -0.497 e. The fraction of sp³-hybridized carbons (Fsp3) is 0.269. The number of imide groups is 2. The summed E-state index contributed by atoms with van der Waals surface area (Å²) < 4.78 is 30.8. The van der Waals surface area contributed by atoms with Gasteiger partial charge in [-0.05, 0) is 35.4 Å². The van der Waals surface area contributed by atoms with E-state index in [9.17, 15) is 32.4 Å². The molecule has 3 aliphatic rings. The summed E-state index contributed by atoms with van der Waals surface area (Å²) in [5.74, 6) is 4.33. The molecule has 0 bridgehead atoms. The molecule has 15 heteroatoms. The molecule has 5 rings (SSSR count). The zero-order valence-electron chi connectivity index (χ0n) is 21.8. The molecular formula is C26H24N6O8S. The fourth-order valence-electron chi connectivity index (χ4n) is 4.79. The van der Waals surface area contributed by atoms with Crippen molar-refractivity contribution in [3.63, 3.8) is 0 Å². The van der Waals surface area contributed by atoms with Crippen molar-refractivity contribution in [2.45, 2.75) is 17.6 Å². The summed E-state index contributed by atoms with van der Waals surface area (Å²) in [6.07, 6.45) is 0.924. The zero-order chi connectivity index (χ0) is 29.6. The number of amides is 7. The predicted octanol–water partition coefficient (Wildman–Crippen LogP) is -1.14. The Balaban J connectivity index is 1.42. The van der Waals surface area contributed by atoms with Crippen molar-refractivity contribution in [3.05, 3.63) is 64.7 Å². The summed E-state index contributed by atoms with van der Waals surface area (Å²) in [5, 5.41) is 9.28. The van der Waals surface area contributed by atoms with Crippen LogP contribution in [0.2, 0.25) is 0 Å². The van der Waals surface area contributed by atoms with Gasteiger partial charge >= 0.3 is 12.1 Å². The van der Waals surface area contributed by atoms with E-state index in [-0.39, 0.29) is 24.6 Å². The van der Waals surface area contributed by atoms with Crippen LogP contribution in [0, 0.1) is 11.8 Å². The van der Waals surface area contributed by atoms with Crippen LogP contribution in [0.25, 0.3) is 0 Å². The van der Waals surface area contributed by atoms with E-state index < -0.39 is 51.5 Å². The van der Waals surface area contributed by atoms with Gasteiger partial charge in [0, 0.05) is 24.2 Å². The summed E-state index contributed by atoms with van der Waals surface area (Å²) >= 11 is 0. The van der Waals surface area contributed by atoms with Gasteiger partial charge in [-0.3, -0.25) is 25.0 Å². The molecule has 7 amide bonds. The van der Waals surface area contributed by atoms with E-state index in [2.05, 4.69) is 37.8 Å². The van der Waals surface area contributed by atoms with E-state index in [1.54, 1.807) is 18.2 Å². The molecule has 0 aliphatic carbocycles. The molecule has 2 aromatic rings. The van der Waals surface area contributed by atoms with Gasteiger partial charge in [-0.25, -0.2) is 22.7 Å². The number of methoxy groups -OCH3 is 1. The Labute approximate surface area is 234 Å². The number of benzene rings is 2. The maximum Gasteiger partial charge on any atom is 0.323 e. The second kappa shape index (κ2) is 9.91. The first-order valence-corrected chi connectivity index (χ1v) is 14.0. The number of urea groups is 2. The number of fused-ring (bicyclic) bond motifs is 1. The van der Waals surface area contributed by atoms with E-state index in [1.807, 2.05) is 0 Å². The van der Waals surface area contributed by atoms with Gasteiger partial charge in [0.05, 0.1) is 19.9 Å². The van der Waals surface area contributed by atoms with Gasteiger partial charge in [0.1, 0.15) is 5.75 Å². The molecule has 41 heavy (non-hydrogen) atoms. The first kappa shape index (κ1) is 27.6. The molecule has 14 nitrogen and oxygen atoms in total. The first-order valence-electron chi connectivity index (χ1n) is 12.2. The molecular weight excluding hydrogens is 556 g/mol. The molecule has 2 aromatic carbocycles. The van der Waals surface area contributed by atoms with Crippen LogP contribution in [0.3, 0.4) is 0 Å². The Morgan fingerprint density at radius 2 is 1.66 bits per heavy atom. The molecule has 212 valence electrons. The minimum absolute atomic E-state index is 0.205. The first-order chi connectivity index (χ1) is 19.3. The van der Waals surface area contributed by atoms with Gasteiger partial charge in [-0.15, -0.1) is 0 Å². The lowest BCUT2D eigenvalue weighted by molar-refractivity contribution is -0.124. The largest absolute Gasteiger partial charge is 0.497 e. The molecule has 3 aliphatic heterocycles. The number of hydrogen-bond donors (Lipinski definition) is 5. The maximum atomic E-state index is 13.1. The van der Waals surface area contributed by atoms with E-state index >= 15 is 0 Å². The number of nitrogens with one attached hydrogen (secondary N) is 5. The molecule has 0 saturated carbocycles. The number of nitrogens with zero attached hydrogens (tertiary/aromatic N) is 1. The highest BCUT2D eigenvalue weighted by molar-refractivity contribution is 7.88. The molecule has 0 aromatic heterocycles. The molecule has 2 fully saturated rings. The highest BCUT2D eigenvalue weighted by atomic mass is 32.2. The van der Waals surface area contributed by atoms with Crippen LogP contribution in [0.5, 0.6) is 5.75 Å². The van der Waals surface area contributed by atoms with Crippen LogP contribution in [0.1, 0.15) is 27.0 Å². The number of hydrogen-bond acceptors (Lipinski definition) is 8. The average molecular weight is 581 g/mol. The molecule has 0 spiro atoms. The van der Waals surface area contributed by atoms with Gasteiger partial charge in [0.15, 0.2) is 5.54 Å². The Bertz CT molecular complexity index is 1680. The minimum atomic E-state index is -3.69. The molecule has 2 atom stereocenters. The third-order valence-electron chi connectivity index (χ3n) is 6.90. The van der Waals surface area contributed by atoms with E-state index in [4.69, 9.17) is 4.74 Å². The smallest absolute Gasteiger partial charge is 0.323 e. The van der Waals surface area contributed by atoms with Crippen molar-refractivity contribution in [1.29, 1.82) is 0 Å². The number of carbonyl (C=O) groups is 5. The lowest BCUT2D eigenvalue weighted by atomic mass is 9.89. The molecule has 2 saturated heterocycles. The Morgan fingerprint density at radius 1 is 0.976 bits per heavy atom. The third kappa shape index (κ3) is 5.17. The lowest BCUT2D eigenvalue weighted by Gasteiger charge is -2.27. The van der Waals surface area contributed by atoms with Gasteiger partial charge < -0.3 is 20.3 Å². The maximum absolute atomic E-state index is 13.1. The van der Waals surface area contributed by atoms with Crippen LogP contribution in [0.4, 0.5) is 9.59 Å². The fourth-order valence-corrected chi connectivity index (χ4v) is 5.27. The normalized spacial score (nSPS) is 23.3. The van der Waals surface area contributed by atoms with Crippen molar-refractivity contribution in [2.24, 2.45) is 0 Å². The van der Waals surface area contributed by atoms with E-state index in [0.717, 1.165) is 11.8 Å². The highest BCUT2D eigenvalue weighted by Crippen LogP contribution is 2.29. The molecule has 3 heterocycles. The molecule has 5 N–H and O–H groups in total. The van der Waals surface area contributed by atoms with E-state index in [1.165, 1.54) is 36.3 Å². The number of rotatable bonds is 7. The number of ether oxygens (including phenoxy) is 1. The third-order valence-corrected chi connectivity index (χ3v) is 7.57. The zero-order valence-corrected chi connectivity index (χ0v) is 22.6. The topological polar surface area (TPSA) is 192 Å². The van der Waals surface area contributed by atoms with Crippen molar-refractivity contribution in [3.8, 4) is 17.6 Å². The van der Waals surface area contributed by atoms with Crippen molar-refractivity contribution in [2.75, 3.05) is 26.5 Å². The van der Waals surface area contributed by atoms with Crippen molar-refractivity contribution in [1.82, 2.24) is 30.9 Å². The Hall–Kier alpha value is -4.94. The van der Waals surface area contributed by atoms with Crippen LogP contribution in [-0.2, 0) is 31.7 Å². The summed E-state index contributed by atoms with van der Waals surface area (Å²) in [7, 11) is -2.20. The van der Waals surface area contributed by atoms with E-state index in [0.29, 0.717) is 16.9 Å². The summed E-state index contributed by atoms with van der Waals surface area (Å²) in [6.45, 7) is -0.448. The number of sulfonamides is 1. The van der Waals surface area contributed by atoms with Crippen molar-refractivity contribution < 1.29 is 37.1 Å². The van der Waals surface area contributed by atoms with Crippen LogP contribution in [0.15, 0.2) is 42.5 Å². The van der Waals surface area contributed by atoms with Crippen LogP contribution < -0.4 is 30.7 Å². The standard InChI is InChI=1S/C26H24N6O8S/c1-40-18-8-5-16-12-32(20(33)19(16)11-18)14-25(21(34)28-23(36)30-25)10-9-15-3-6-17(7-4-15)26(13-27-41(2,38)39)22(35)29-24(37)31-26/h3-8,11,27H,12-14H2,1-2H3,(H2,28,30,34,36)(H2,29,31,35,37). The predicted molar refractivity (Wildman–Crippen MR) is 142 cm³/mol. The monoisotopic (exact) mass is 580 g/mol. The summed E-state index contributed by atoms with van der Waals surface area (Å²) in [5.41, 5.74) is -1.62. The van der Waals surface area contributed by atoms with Gasteiger partial charge in [-0.2, -0.15) is 0 Å². The second-order valence-corrected chi connectivity index (χ2v) is 11.6.